The van der Waals surface area contributed by atoms with Crippen LogP contribution in [0.1, 0.15) is 37.6 Å². The van der Waals surface area contributed by atoms with E-state index >= 15 is 0 Å². The van der Waals surface area contributed by atoms with E-state index in [0.717, 1.165) is 18.7 Å². The van der Waals surface area contributed by atoms with Crippen molar-refractivity contribution in [3.63, 3.8) is 0 Å². The van der Waals surface area contributed by atoms with Crippen molar-refractivity contribution >= 4 is 0 Å². The monoisotopic (exact) mass is 284 g/mol. The van der Waals surface area contributed by atoms with E-state index in [9.17, 15) is 0 Å². The van der Waals surface area contributed by atoms with E-state index < -0.39 is 0 Å². The highest BCUT2D eigenvalue weighted by Gasteiger charge is 2.21. The molecule has 3 nitrogen and oxygen atoms in total. The third-order valence-electron chi connectivity index (χ3n) is 3.69. The molecule has 0 bridgehead atoms. The summed E-state index contributed by atoms with van der Waals surface area (Å²) in [6.07, 6.45) is 2.61. The molecule has 0 spiro atoms. The van der Waals surface area contributed by atoms with Crippen LogP contribution in [0.5, 0.6) is 0 Å². The quantitative estimate of drug-likeness (QED) is 0.821. The summed E-state index contributed by atoms with van der Waals surface area (Å²) in [5.41, 5.74) is 2.27. The molecule has 0 aliphatic carbocycles. The van der Waals surface area contributed by atoms with Crippen molar-refractivity contribution in [3.8, 4) is 0 Å². The van der Waals surface area contributed by atoms with Crippen molar-refractivity contribution in [2.75, 3.05) is 13.2 Å². The highest BCUT2D eigenvalue weighted by Crippen LogP contribution is 2.24. The molecule has 0 saturated heterocycles. The second-order valence-electron chi connectivity index (χ2n) is 6.12. The van der Waals surface area contributed by atoms with Crippen LogP contribution >= 0.6 is 0 Å². The number of benzene rings is 1. The van der Waals surface area contributed by atoms with Crippen molar-refractivity contribution in [3.05, 3.63) is 66.0 Å². The second kappa shape index (κ2) is 7.34. The van der Waals surface area contributed by atoms with Crippen LogP contribution in [-0.2, 0) is 0 Å². The molecule has 1 heterocycles. The molecule has 21 heavy (non-hydrogen) atoms. The summed E-state index contributed by atoms with van der Waals surface area (Å²) in [5.74, 6) is 0. The van der Waals surface area contributed by atoms with Gasteiger partial charge >= 0.3 is 0 Å². The van der Waals surface area contributed by atoms with E-state index in [2.05, 4.69) is 36.3 Å². The molecule has 112 valence electrons. The summed E-state index contributed by atoms with van der Waals surface area (Å²) in [4.78, 5) is 4.49. The average Bonchev–Trinajstić information content (AvgIpc) is 2.49. The molecular formula is C18H24N2O. The molecule has 0 aliphatic heterocycles. The Hall–Kier alpha value is -1.71. The number of aromatic nitrogens is 1. The zero-order valence-electron chi connectivity index (χ0n) is 12.8. The van der Waals surface area contributed by atoms with E-state index in [4.69, 9.17) is 5.11 Å². The molecule has 1 aromatic heterocycles. The summed E-state index contributed by atoms with van der Waals surface area (Å²) in [6, 6.07) is 16.4. The topological polar surface area (TPSA) is 45.1 Å². The molecule has 1 aromatic carbocycles. The lowest BCUT2D eigenvalue weighted by molar-refractivity contribution is 0.204. The van der Waals surface area contributed by atoms with Crippen molar-refractivity contribution in [1.29, 1.82) is 0 Å². The summed E-state index contributed by atoms with van der Waals surface area (Å²) >= 11 is 0. The number of nitrogens with zero attached hydrogens (tertiary/aromatic N) is 1. The lowest BCUT2D eigenvalue weighted by Gasteiger charge is -2.28. The van der Waals surface area contributed by atoms with E-state index in [1.54, 1.807) is 0 Å². The van der Waals surface area contributed by atoms with Crippen LogP contribution in [0.25, 0.3) is 0 Å². The van der Waals surface area contributed by atoms with E-state index in [0.29, 0.717) is 0 Å². The Labute approximate surface area is 127 Å². The van der Waals surface area contributed by atoms with Gasteiger partial charge in [-0.25, -0.2) is 0 Å². The minimum Gasteiger partial charge on any atom is -0.396 e. The highest BCUT2D eigenvalue weighted by molar-refractivity contribution is 5.27. The molecule has 3 heteroatoms. The fourth-order valence-electron chi connectivity index (χ4n) is 2.35. The Morgan fingerprint density at radius 1 is 1.10 bits per heavy atom. The molecule has 0 amide bonds. The lowest BCUT2D eigenvalue weighted by atomic mass is 9.89. The van der Waals surface area contributed by atoms with Gasteiger partial charge in [0.25, 0.3) is 0 Å². The molecule has 0 radical (unpaired) electrons. The van der Waals surface area contributed by atoms with Crippen LogP contribution in [0.3, 0.4) is 0 Å². The Bertz CT molecular complexity index is 486. The minimum atomic E-state index is 0.0521. The van der Waals surface area contributed by atoms with Crippen molar-refractivity contribution in [2.45, 2.75) is 26.3 Å². The fraction of sp³-hybridized carbons (Fsp3) is 0.389. The maximum atomic E-state index is 9.16. The van der Waals surface area contributed by atoms with Gasteiger partial charge in [0, 0.05) is 19.3 Å². The van der Waals surface area contributed by atoms with Crippen molar-refractivity contribution < 1.29 is 5.11 Å². The smallest absolute Gasteiger partial charge is 0.0751 e. The van der Waals surface area contributed by atoms with Gasteiger partial charge in [0.1, 0.15) is 0 Å². The first-order valence-electron chi connectivity index (χ1n) is 7.42. The van der Waals surface area contributed by atoms with Gasteiger partial charge in [-0.3, -0.25) is 4.98 Å². The van der Waals surface area contributed by atoms with Gasteiger partial charge in [0.2, 0.25) is 0 Å². The van der Waals surface area contributed by atoms with Gasteiger partial charge in [0.05, 0.1) is 11.7 Å². The molecule has 2 N–H and O–H groups in total. The summed E-state index contributed by atoms with van der Waals surface area (Å²) < 4.78 is 0. The van der Waals surface area contributed by atoms with Crippen LogP contribution in [0.15, 0.2) is 54.7 Å². The zero-order valence-corrected chi connectivity index (χ0v) is 12.8. The Morgan fingerprint density at radius 3 is 2.43 bits per heavy atom. The summed E-state index contributed by atoms with van der Waals surface area (Å²) in [5, 5.41) is 12.8. The van der Waals surface area contributed by atoms with Gasteiger partial charge in [0.15, 0.2) is 0 Å². The van der Waals surface area contributed by atoms with Crippen molar-refractivity contribution in [2.24, 2.45) is 5.41 Å². The standard InChI is InChI=1S/C18H24N2O/c1-18(2,11-13-21)14-20-17(15-8-4-3-5-9-15)16-10-6-7-12-19-16/h3-10,12,17,20-21H,11,13-14H2,1-2H3. The third-order valence-corrected chi connectivity index (χ3v) is 3.69. The van der Waals surface area contributed by atoms with E-state index in [1.165, 1.54) is 5.56 Å². The molecule has 2 aromatic rings. The Balaban J connectivity index is 2.18. The van der Waals surface area contributed by atoms with Crippen molar-refractivity contribution in [1.82, 2.24) is 10.3 Å². The van der Waals surface area contributed by atoms with E-state index in [1.807, 2.05) is 42.6 Å². The number of nitrogens with one attached hydrogen (secondary N) is 1. The predicted octanol–water partition coefficient (Wildman–Crippen LogP) is 3.17. The van der Waals surface area contributed by atoms with Crippen LogP contribution in [-0.4, -0.2) is 23.2 Å². The van der Waals surface area contributed by atoms with Crippen LogP contribution in [0, 0.1) is 5.41 Å². The largest absolute Gasteiger partial charge is 0.396 e. The fourth-order valence-corrected chi connectivity index (χ4v) is 2.35. The van der Waals surface area contributed by atoms with Gasteiger partial charge in [-0.15, -0.1) is 0 Å². The maximum Gasteiger partial charge on any atom is 0.0751 e. The molecule has 2 rings (SSSR count). The molecule has 1 atom stereocenters. The van der Waals surface area contributed by atoms with Gasteiger partial charge in [-0.05, 0) is 29.5 Å². The first kappa shape index (κ1) is 15.7. The molecular weight excluding hydrogens is 260 g/mol. The van der Waals surface area contributed by atoms with Crippen LogP contribution < -0.4 is 5.32 Å². The second-order valence-corrected chi connectivity index (χ2v) is 6.12. The number of hydrogen-bond acceptors (Lipinski definition) is 3. The molecule has 0 saturated carbocycles. The first-order valence-corrected chi connectivity index (χ1v) is 7.42. The third kappa shape index (κ3) is 4.66. The molecule has 0 fully saturated rings. The zero-order chi connectivity index (χ0) is 15.1. The summed E-state index contributed by atoms with van der Waals surface area (Å²) in [6.45, 7) is 5.37. The minimum absolute atomic E-state index is 0.0521. The van der Waals surface area contributed by atoms with Gasteiger partial charge < -0.3 is 10.4 Å². The number of aliphatic hydroxyl groups is 1. The van der Waals surface area contributed by atoms with Gasteiger partial charge in [-0.2, -0.15) is 0 Å². The number of rotatable bonds is 7. The normalized spacial score (nSPS) is 13.1. The average molecular weight is 284 g/mol. The Kier molecular flexibility index (Phi) is 5.48. The van der Waals surface area contributed by atoms with Gasteiger partial charge in [-0.1, -0.05) is 50.2 Å². The molecule has 1 unspecified atom stereocenters. The number of aliphatic hydroxyl groups excluding tert-OH is 1. The van der Waals surface area contributed by atoms with Crippen LogP contribution in [0.4, 0.5) is 0 Å². The maximum absolute atomic E-state index is 9.16. The first-order chi connectivity index (χ1) is 10.1. The highest BCUT2D eigenvalue weighted by atomic mass is 16.3. The SMILES string of the molecule is CC(C)(CCO)CNC(c1ccccc1)c1ccccn1. The van der Waals surface area contributed by atoms with E-state index in [-0.39, 0.29) is 18.1 Å². The Morgan fingerprint density at radius 2 is 1.81 bits per heavy atom. The number of hydrogen-bond donors (Lipinski definition) is 2. The van der Waals surface area contributed by atoms with Crippen LogP contribution in [0.2, 0.25) is 0 Å². The number of pyridine rings is 1. The summed E-state index contributed by atoms with van der Waals surface area (Å²) in [7, 11) is 0. The lowest BCUT2D eigenvalue weighted by Crippen LogP contribution is -2.34. The predicted molar refractivity (Wildman–Crippen MR) is 86.0 cm³/mol. The molecule has 0 aliphatic rings.